The molecule has 0 aliphatic heterocycles. The summed E-state index contributed by atoms with van der Waals surface area (Å²) in [5.74, 6) is -1.48. The minimum Gasteiger partial charge on any atom is -0.481 e. The topological polar surface area (TPSA) is 70.2 Å². The van der Waals surface area contributed by atoms with Gasteiger partial charge >= 0.3 is 5.97 Å². The SMILES string of the molecule is CC(C(=O)O)c1ccc(=O)[nH]c1. The number of aliphatic carboxylic acids is 1. The van der Waals surface area contributed by atoms with Gasteiger partial charge in [0, 0.05) is 12.3 Å². The summed E-state index contributed by atoms with van der Waals surface area (Å²) < 4.78 is 0. The summed E-state index contributed by atoms with van der Waals surface area (Å²) in [4.78, 5) is 23.5. The molecular formula is C8H9NO3. The molecule has 12 heavy (non-hydrogen) atoms. The average molecular weight is 167 g/mol. The Balaban J connectivity index is 2.97. The molecule has 0 spiro atoms. The predicted molar refractivity (Wildman–Crippen MR) is 43.1 cm³/mol. The van der Waals surface area contributed by atoms with Gasteiger partial charge in [-0.25, -0.2) is 0 Å². The highest BCUT2D eigenvalue weighted by molar-refractivity contribution is 5.75. The lowest BCUT2D eigenvalue weighted by Gasteiger charge is -2.03. The van der Waals surface area contributed by atoms with E-state index in [4.69, 9.17) is 5.11 Å². The molecule has 1 aromatic heterocycles. The number of H-pyrrole nitrogens is 1. The summed E-state index contributed by atoms with van der Waals surface area (Å²) in [6, 6.07) is 2.83. The summed E-state index contributed by atoms with van der Waals surface area (Å²) in [5.41, 5.74) is 0.374. The molecule has 0 bridgehead atoms. The molecule has 0 radical (unpaired) electrons. The van der Waals surface area contributed by atoms with E-state index in [1.165, 1.54) is 18.3 Å². The number of pyridine rings is 1. The fraction of sp³-hybridized carbons (Fsp3) is 0.250. The number of hydrogen-bond acceptors (Lipinski definition) is 2. The van der Waals surface area contributed by atoms with Crippen LogP contribution in [0.5, 0.6) is 0 Å². The zero-order chi connectivity index (χ0) is 9.14. The van der Waals surface area contributed by atoms with E-state index in [0.717, 1.165) is 0 Å². The third-order valence-electron chi connectivity index (χ3n) is 1.68. The van der Waals surface area contributed by atoms with Crippen LogP contribution in [-0.4, -0.2) is 16.1 Å². The zero-order valence-electron chi connectivity index (χ0n) is 6.57. The highest BCUT2D eigenvalue weighted by Gasteiger charge is 2.12. The molecule has 1 heterocycles. The first kappa shape index (κ1) is 8.52. The van der Waals surface area contributed by atoms with Gasteiger partial charge in [0.25, 0.3) is 0 Å². The van der Waals surface area contributed by atoms with Gasteiger partial charge in [-0.1, -0.05) is 6.07 Å². The fourth-order valence-electron chi connectivity index (χ4n) is 0.835. The quantitative estimate of drug-likeness (QED) is 0.676. The standard InChI is InChI=1S/C8H9NO3/c1-5(8(11)12)6-2-3-7(10)9-4-6/h2-5H,1H3,(H,9,10)(H,11,12). The number of aromatic nitrogens is 1. The van der Waals surface area contributed by atoms with Gasteiger partial charge in [0.15, 0.2) is 0 Å². The second-order valence-electron chi connectivity index (χ2n) is 2.55. The smallest absolute Gasteiger partial charge is 0.310 e. The predicted octanol–water partition coefficient (Wildman–Crippen LogP) is 0.563. The van der Waals surface area contributed by atoms with Gasteiger partial charge in [-0.15, -0.1) is 0 Å². The van der Waals surface area contributed by atoms with Crippen LogP contribution >= 0.6 is 0 Å². The molecule has 0 saturated carbocycles. The number of aromatic amines is 1. The Morgan fingerprint density at radius 1 is 1.58 bits per heavy atom. The summed E-state index contributed by atoms with van der Waals surface area (Å²) in [6.45, 7) is 1.57. The number of hydrogen-bond donors (Lipinski definition) is 2. The van der Waals surface area contributed by atoms with E-state index in [1.54, 1.807) is 6.92 Å². The number of carboxylic acids is 1. The maximum atomic E-state index is 10.6. The van der Waals surface area contributed by atoms with Crippen LogP contribution in [-0.2, 0) is 4.79 Å². The van der Waals surface area contributed by atoms with E-state index in [-0.39, 0.29) is 5.56 Å². The molecule has 4 nitrogen and oxygen atoms in total. The Morgan fingerprint density at radius 2 is 2.25 bits per heavy atom. The minimum atomic E-state index is -0.901. The Hall–Kier alpha value is -1.58. The molecule has 1 rings (SSSR count). The summed E-state index contributed by atoms with van der Waals surface area (Å²) in [6.07, 6.45) is 1.42. The van der Waals surface area contributed by atoms with Crippen LogP contribution in [0, 0.1) is 0 Å². The van der Waals surface area contributed by atoms with Crippen molar-refractivity contribution < 1.29 is 9.90 Å². The van der Waals surface area contributed by atoms with Crippen LogP contribution in [0.15, 0.2) is 23.1 Å². The molecule has 0 aliphatic carbocycles. The van der Waals surface area contributed by atoms with Gasteiger partial charge < -0.3 is 10.1 Å². The van der Waals surface area contributed by atoms with E-state index in [9.17, 15) is 9.59 Å². The maximum absolute atomic E-state index is 10.6. The first-order valence-corrected chi connectivity index (χ1v) is 3.52. The average Bonchev–Trinajstić information content (AvgIpc) is 2.04. The van der Waals surface area contributed by atoms with Crippen LogP contribution in [0.3, 0.4) is 0 Å². The monoisotopic (exact) mass is 167 g/mol. The Kier molecular flexibility index (Phi) is 2.28. The van der Waals surface area contributed by atoms with Crippen molar-refractivity contribution in [2.45, 2.75) is 12.8 Å². The third-order valence-corrected chi connectivity index (χ3v) is 1.68. The van der Waals surface area contributed by atoms with E-state index >= 15 is 0 Å². The highest BCUT2D eigenvalue weighted by atomic mass is 16.4. The second kappa shape index (κ2) is 3.21. The molecule has 1 aromatic rings. The first-order valence-electron chi connectivity index (χ1n) is 3.52. The van der Waals surface area contributed by atoms with Gasteiger partial charge in [0.05, 0.1) is 5.92 Å². The van der Waals surface area contributed by atoms with Crippen molar-refractivity contribution in [3.63, 3.8) is 0 Å². The summed E-state index contributed by atoms with van der Waals surface area (Å²) in [5, 5.41) is 8.61. The van der Waals surface area contributed by atoms with Crippen molar-refractivity contribution in [3.05, 3.63) is 34.2 Å². The molecule has 0 amide bonds. The Labute approximate surface area is 68.9 Å². The van der Waals surface area contributed by atoms with E-state index in [0.29, 0.717) is 5.56 Å². The van der Waals surface area contributed by atoms with Crippen molar-refractivity contribution in [2.24, 2.45) is 0 Å². The van der Waals surface area contributed by atoms with Crippen LogP contribution in [0.2, 0.25) is 0 Å². The Bertz CT molecular complexity index is 322. The molecule has 0 aliphatic rings. The number of carbonyl (C=O) groups is 1. The van der Waals surface area contributed by atoms with Crippen LogP contribution in [0.25, 0.3) is 0 Å². The van der Waals surface area contributed by atoms with E-state index in [1.807, 2.05) is 0 Å². The normalized spacial score (nSPS) is 12.4. The zero-order valence-corrected chi connectivity index (χ0v) is 6.57. The van der Waals surface area contributed by atoms with Gasteiger partial charge in [-0.3, -0.25) is 9.59 Å². The fourth-order valence-corrected chi connectivity index (χ4v) is 0.835. The van der Waals surface area contributed by atoms with Gasteiger partial charge in [-0.2, -0.15) is 0 Å². The summed E-state index contributed by atoms with van der Waals surface area (Å²) >= 11 is 0. The van der Waals surface area contributed by atoms with Crippen molar-refractivity contribution in [1.29, 1.82) is 0 Å². The lowest BCUT2D eigenvalue weighted by Crippen LogP contribution is -2.10. The van der Waals surface area contributed by atoms with Crippen molar-refractivity contribution in [2.75, 3.05) is 0 Å². The van der Waals surface area contributed by atoms with Crippen LogP contribution in [0.4, 0.5) is 0 Å². The number of carboxylic acid groups (broad SMARTS) is 1. The lowest BCUT2D eigenvalue weighted by molar-refractivity contribution is -0.138. The van der Waals surface area contributed by atoms with Gasteiger partial charge in [0.1, 0.15) is 0 Å². The van der Waals surface area contributed by atoms with Crippen LogP contribution in [0.1, 0.15) is 18.4 Å². The Morgan fingerprint density at radius 3 is 2.67 bits per heavy atom. The molecule has 0 fully saturated rings. The van der Waals surface area contributed by atoms with Crippen molar-refractivity contribution in [3.8, 4) is 0 Å². The second-order valence-corrected chi connectivity index (χ2v) is 2.55. The summed E-state index contributed by atoms with van der Waals surface area (Å²) in [7, 11) is 0. The van der Waals surface area contributed by atoms with Gasteiger partial charge in [0.2, 0.25) is 5.56 Å². The highest BCUT2D eigenvalue weighted by Crippen LogP contribution is 2.11. The van der Waals surface area contributed by atoms with Gasteiger partial charge in [-0.05, 0) is 12.5 Å². The molecule has 1 atom stereocenters. The number of rotatable bonds is 2. The van der Waals surface area contributed by atoms with Crippen molar-refractivity contribution >= 4 is 5.97 Å². The minimum absolute atomic E-state index is 0.226. The van der Waals surface area contributed by atoms with E-state index in [2.05, 4.69) is 4.98 Å². The lowest BCUT2D eigenvalue weighted by atomic mass is 10.0. The molecule has 0 saturated heterocycles. The van der Waals surface area contributed by atoms with Crippen LogP contribution < -0.4 is 5.56 Å². The van der Waals surface area contributed by atoms with Crippen molar-refractivity contribution in [1.82, 2.24) is 4.98 Å². The van der Waals surface area contributed by atoms with E-state index < -0.39 is 11.9 Å². The number of nitrogens with one attached hydrogen (secondary N) is 1. The molecule has 2 N–H and O–H groups in total. The molecular weight excluding hydrogens is 158 g/mol. The maximum Gasteiger partial charge on any atom is 0.310 e. The largest absolute Gasteiger partial charge is 0.481 e. The first-order chi connectivity index (χ1) is 5.61. The third kappa shape index (κ3) is 1.72. The molecule has 1 unspecified atom stereocenters. The molecule has 64 valence electrons. The molecule has 0 aromatic carbocycles. The molecule has 4 heteroatoms.